The van der Waals surface area contributed by atoms with Gasteiger partial charge in [0, 0.05) is 40.7 Å². The largest absolute Gasteiger partial charge is 0.454 e. The summed E-state index contributed by atoms with van der Waals surface area (Å²) in [5, 5.41) is 20.5. The van der Waals surface area contributed by atoms with E-state index in [1.54, 1.807) is 25.1 Å². The number of amides is 1. The molecule has 0 spiro atoms. The maximum absolute atomic E-state index is 15.1. The Labute approximate surface area is 324 Å². The highest BCUT2D eigenvalue weighted by molar-refractivity contribution is 9.10. The van der Waals surface area contributed by atoms with Crippen LogP contribution in [0, 0.1) is 64.0 Å². The first kappa shape index (κ1) is 45.7. The van der Waals surface area contributed by atoms with E-state index in [4.69, 9.17) is 33.8 Å². The fourth-order valence-electron chi connectivity index (χ4n) is 4.75. The molecule has 5 aromatic carbocycles. The van der Waals surface area contributed by atoms with Crippen molar-refractivity contribution in [2.45, 2.75) is 55.4 Å². The van der Waals surface area contributed by atoms with Gasteiger partial charge in [-0.2, -0.15) is 0 Å². The monoisotopic (exact) mass is 806 g/mol. The van der Waals surface area contributed by atoms with Gasteiger partial charge in [-0.3, -0.25) is 14.9 Å². The van der Waals surface area contributed by atoms with Gasteiger partial charge in [0.2, 0.25) is 5.91 Å². The predicted octanol–water partition coefficient (Wildman–Crippen LogP) is 11.7. The number of nitrogen functional groups attached to an aromatic ring is 1. The van der Waals surface area contributed by atoms with Gasteiger partial charge >= 0.3 is 0 Å². The van der Waals surface area contributed by atoms with Gasteiger partial charge in [-0.15, -0.1) is 0 Å². The highest BCUT2D eigenvalue weighted by Crippen LogP contribution is 2.37. The van der Waals surface area contributed by atoms with E-state index in [2.05, 4.69) is 39.1 Å². The quantitative estimate of drug-likeness (QED) is 0.0677. The number of anilines is 2. The number of nitrogens with two attached hydrogens (primary N) is 1. The number of halogens is 3. The molecule has 0 atom stereocenters. The van der Waals surface area contributed by atoms with Crippen molar-refractivity contribution in [1.29, 1.82) is 0 Å². The number of hydrogen-bond donors (Lipinski definition) is 3. The zero-order valence-corrected chi connectivity index (χ0v) is 32.3. The molecule has 0 saturated heterocycles. The molecule has 0 aliphatic heterocycles. The second-order valence-corrected chi connectivity index (χ2v) is 12.9. The van der Waals surface area contributed by atoms with E-state index in [0.717, 1.165) is 40.6 Å². The number of benzene rings is 5. The van der Waals surface area contributed by atoms with Crippen LogP contribution >= 0.6 is 27.5 Å². The molecule has 9 nitrogen and oxygen atoms in total. The number of carbonyl (C=O) groups excluding carboxylic acids is 1. The van der Waals surface area contributed by atoms with E-state index >= 15 is 4.39 Å². The van der Waals surface area contributed by atoms with E-state index in [0.29, 0.717) is 15.2 Å². The number of nitrogens with one attached hydrogen (secondary N) is 1. The standard InChI is InChI=1S/C23H17BrClFN2O2.C8H9NO2.C8H11N.CH4O.CH4/c1-13-4-7-20(14(2)8-13)28-21(29)9-15-5-6-19(24)23(22(15)26)30-18-11-16(25)10-17(12-18)27-3;1-6-3-4-8(9(10)11)7(2)5-6;1-6-3-4-8(9)7(2)5-6;1-2;/h4-8,10-12H,9H2,1-2H3,(H,28,29);3-5H,1-2H3;3-5H,9H2,1-2H3;2H,1H3;1H4. The van der Waals surface area contributed by atoms with Crippen molar-refractivity contribution in [3.63, 3.8) is 0 Å². The van der Waals surface area contributed by atoms with Crippen LogP contribution in [-0.4, -0.2) is 23.0 Å². The minimum Gasteiger partial charge on any atom is -0.454 e. The number of aliphatic hydroxyl groups excluding tert-OH is 1. The highest BCUT2D eigenvalue weighted by atomic mass is 79.9. The number of nitrogens with zero attached hydrogens (tertiary/aromatic N) is 2. The van der Waals surface area contributed by atoms with Gasteiger partial charge in [-0.05, 0) is 111 Å². The summed E-state index contributed by atoms with van der Waals surface area (Å²) in [7, 11) is 1.00. The van der Waals surface area contributed by atoms with E-state index in [1.165, 1.54) is 35.9 Å². The van der Waals surface area contributed by atoms with Gasteiger partial charge in [0.15, 0.2) is 17.3 Å². The second-order valence-electron chi connectivity index (χ2n) is 11.7. The van der Waals surface area contributed by atoms with Crippen LogP contribution < -0.4 is 15.8 Å². The Balaban J connectivity index is 0.000000498. The molecule has 0 radical (unpaired) electrons. The summed E-state index contributed by atoms with van der Waals surface area (Å²) in [4.78, 5) is 25.8. The summed E-state index contributed by atoms with van der Waals surface area (Å²) in [5.41, 5.74) is 14.0. The molecule has 0 unspecified atom stereocenters. The van der Waals surface area contributed by atoms with E-state index in [-0.39, 0.29) is 53.1 Å². The van der Waals surface area contributed by atoms with Crippen molar-refractivity contribution in [1.82, 2.24) is 0 Å². The number of nitro benzene ring substituents is 1. The summed E-state index contributed by atoms with van der Waals surface area (Å²) in [5.74, 6) is -0.855. The molecule has 5 aromatic rings. The summed E-state index contributed by atoms with van der Waals surface area (Å²) in [6.45, 7) is 18.7. The van der Waals surface area contributed by atoms with E-state index in [9.17, 15) is 14.9 Å². The Morgan fingerprint density at radius 2 is 1.47 bits per heavy atom. The molecule has 1 amide bonds. The number of hydrogen-bond acceptors (Lipinski definition) is 6. The Morgan fingerprint density at radius 3 is 2.00 bits per heavy atom. The Kier molecular flexibility index (Phi) is 18.9. The van der Waals surface area contributed by atoms with Crippen LogP contribution in [0.25, 0.3) is 4.85 Å². The van der Waals surface area contributed by atoms with Crippen molar-refractivity contribution in [3.8, 4) is 11.5 Å². The SMILES string of the molecule is C.CO.Cc1ccc(N)c(C)c1.Cc1ccc([N+](=O)[O-])c(C)c1.[C-]#[N+]c1cc(Cl)cc(Oc2c(Br)ccc(CC(=O)Nc3ccc(C)cc3C)c2F)c1. The molecular weight excluding hydrogens is 763 g/mol. The van der Waals surface area contributed by atoms with Crippen LogP contribution in [0.2, 0.25) is 5.02 Å². The number of nitro groups is 1. The van der Waals surface area contributed by atoms with Crippen LogP contribution in [-0.2, 0) is 11.2 Å². The molecule has 5 rings (SSSR count). The Hall–Kier alpha value is -5.28. The molecule has 0 saturated carbocycles. The summed E-state index contributed by atoms with van der Waals surface area (Å²) >= 11 is 9.26. The third kappa shape index (κ3) is 14.3. The molecule has 12 heteroatoms. The fourth-order valence-corrected chi connectivity index (χ4v) is 5.36. The van der Waals surface area contributed by atoms with Crippen LogP contribution in [0.15, 0.2) is 89.4 Å². The number of ether oxygens (including phenoxy) is 1. The van der Waals surface area contributed by atoms with Crippen LogP contribution in [0.3, 0.4) is 0 Å². The molecule has 0 heterocycles. The minimum absolute atomic E-state index is 0. The van der Waals surface area contributed by atoms with Crippen molar-refractivity contribution in [3.05, 3.63) is 161 Å². The van der Waals surface area contributed by atoms with Crippen molar-refractivity contribution in [2.24, 2.45) is 0 Å². The van der Waals surface area contributed by atoms with Crippen LogP contribution in [0.4, 0.5) is 27.1 Å². The molecule has 0 aliphatic carbocycles. The first-order valence-corrected chi connectivity index (χ1v) is 16.9. The lowest BCUT2D eigenvalue weighted by Gasteiger charge is -2.13. The first-order valence-electron chi connectivity index (χ1n) is 15.8. The average molecular weight is 808 g/mol. The topological polar surface area (TPSA) is 132 Å². The predicted molar refractivity (Wildman–Crippen MR) is 218 cm³/mol. The lowest BCUT2D eigenvalue weighted by Crippen LogP contribution is -2.16. The first-order chi connectivity index (χ1) is 24.6. The second kappa shape index (κ2) is 21.9. The molecule has 0 bridgehead atoms. The van der Waals surface area contributed by atoms with Crippen molar-refractivity contribution >= 4 is 56.2 Å². The number of carbonyl (C=O) groups is 1. The van der Waals surface area contributed by atoms with Gasteiger partial charge in [-0.25, -0.2) is 9.24 Å². The van der Waals surface area contributed by atoms with Crippen molar-refractivity contribution in [2.75, 3.05) is 18.2 Å². The molecule has 0 aromatic heterocycles. The fraction of sp³-hybridized carbons (Fsp3) is 0.220. The maximum atomic E-state index is 15.1. The minimum atomic E-state index is -0.663. The van der Waals surface area contributed by atoms with Gasteiger partial charge in [-0.1, -0.05) is 72.1 Å². The average Bonchev–Trinajstić information content (AvgIpc) is 3.08. The number of aryl methyl sites for hydroxylation is 6. The van der Waals surface area contributed by atoms with Gasteiger partial charge < -0.3 is 20.9 Å². The van der Waals surface area contributed by atoms with Crippen LogP contribution in [0.5, 0.6) is 11.5 Å². The molecule has 280 valence electrons. The van der Waals surface area contributed by atoms with Gasteiger partial charge in [0.25, 0.3) is 5.69 Å². The highest BCUT2D eigenvalue weighted by Gasteiger charge is 2.18. The summed E-state index contributed by atoms with van der Waals surface area (Å²) in [6, 6.07) is 24.4. The van der Waals surface area contributed by atoms with E-state index < -0.39 is 5.82 Å². The van der Waals surface area contributed by atoms with Crippen LogP contribution in [0.1, 0.15) is 46.4 Å². The zero-order chi connectivity index (χ0) is 39.1. The zero-order valence-electron chi connectivity index (χ0n) is 30.0. The van der Waals surface area contributed by atoms with Crippen molar-refractivity contribution < 1.29 is 24.0 Å². The number of rotatable bonds is 6. The third-order valence-corrected chi connectivity index (χ3v) is 8.16. The molecular formula is C41H45BrClFN4O5. The molecule has 4 N–H and O–H groups in total. The molecule has 0 fully saturated rings. The third-order valence-electron chi connectivity index (χ3n) is 7.32. The smallest absolute Gasteiger partial charge is 0.272 e. The molecule has 0 aliphatic rings. The Morgan fingerprint density at radius 1 is 0.906 bits per heavy atom. The van der Waals surface area contributed by atoms with Gasteiger partial charge in [0.05, 0.1) is 22.4 Å². The summed E-state index contributed by atoms with van der Waals surface area (Å²) in [6.07, 6.45) is -0.161. The number of aliphatic hydroxyl groups is 1. The molecule has 53 heavy (non-hydrogen) atoms. The summed E-state index contributed by atoms with van der Waals surface area (Å²) < 4.78 is 21.1. The lowest BCUT2D eigenvalue weighted by molar-refractivity contribution is -0.385. The van der Waals surface area contributed by atoms with Gasteiger partial charge in [0.1, 0.15) is 5.75 Å². The normalized spacial score (nSPS) is 9.62. The van der Waals surface area contributed by atoms with E-state index in [1.807, 2.05) is 58.0 Å². The Bertz CT molecular complexity index is 2090. The maximum Gasteiger partial charge on any atom is 0.272 e. The lowest BCUT2D eigenvalue weighted by atomic mass is 10.1.